The first-order valence-corrected chi connectivity index (χ1v) is 5.00. The van der Waals surface area contributed by atoms with Crippen LogP contribution >= 0.6 is 23.2 Å². The molecule has 0 fully saturated rings. The lowest BCUT2D eigenvalue weighted by atomic mass is 10.3. The molecule has 1 aromatic carbocycles. The molecule has 1 atom stereocenters. The Morgan fingerprint density at radius 3 is 2.43 bits per heavy atom. The Morgan fingerprint density at radius 1 is 1.43 bits per heavy atom. The van der Waals surface area contributed by atoms with E-state index in [1.165, 1.54) is 0 Å². The number of carbonyl (C=O) groups excluding carboxylic acids is 1. The van der Waals surface area contributed by atoms with Gasteiger partial charge in [0.05, 0.1) is 0 Å². The molecule has 0 aliphatic heterocycles. The van der Waals surface area contributed by atoms with Crippen LogP contribution in [0.5, 0.6) is 5.75 Å². The number of benzene rings is 1. The van der Waals surface area contributed by atoms with Crippen molar-refractivity contribution < 1.29 is 9.53 Å². The topological polar surface area (TPSA) is 26.3 Å². The van der Waals surface area contributed by atoms with E-state index < -0.39 is 11.3 Å². The van der Waals surface area contributed by atoms with Crippen molar-refractivity contribution in [3.05, 3.63) is 29.3 Å². The van der Waals surface area contributed by atoms with Crippen LogP contribution in [0.3, 0.4) is 0 Å². The molecule has 2 nitrogen and oxygen atoms in total. The smallest absolute Gasteiger partial charge is 0.262 e. The van der Waals surface area contributed by atoms with Crippen molar-refractivity contribution in [2.45, 2.75) is 19.4 Å². The summed E-state index contributed by atoms with van der Waals surface area (Å²) >= 11 is 11.0. The van der Waals surface area contributed by atoms with Gasteiger partial charge in [-0.15, -0.1) is 0 Å². The monoisotopic (exact) mass is 232 g/mol. The summed E-state index contributed by atoms with van der Waals surface area (Å²) in [5.74, 6) is 0.593. The van der Waals surface area contributed by atoms with E-state index in [1.54, 1.807) is 24.3 Å². The highest BCUT2D eigenvalue weighted by Gasteiger charge is 2.15. The van der Waals surface area contributed by atoms with Gasteiger partial charge in [-0.3, -0.25) is 4.79 Å². The fraction of sp³-hybridized carbons (Fsp3) is 0.300. The van der Waals surface area contributed by atoms with Crippen LogP contribution in [-0.2, 0) is 4.79 Å². The van der Waals surface area contributed by atoms with Gasteiger partial charge in [-0.1, -0.05) is 18.5 Å². The van der Waals surface area contributed by atoms with Crippen LogP contribution in [0.15, 0.2) is 24.3 Å². The highest BCUT2D eigenvalue weighted by Crippen LogP contribution is 2.18. The molecule has 0 saturated heterocycles. The quantitative estimate of drug-likeness (QED) is 0.746. The number of carbonyl (C=O) groups is 1. The lowest BCUT2D eigenvalue weighted by Gasteiger charge is -2.12. The second-order valence-electron chi connectivity index (χ2n) is 2.77. The first-order chi connectivity index (χ1) is 6.63. The average Bonchev–Trinajstić information content (AvgIpc) is 2.16. The van der Waals surface area contributed by atoms with E-state index in [-0.39, 0.29) is 0 Å². The van der Waals surface area contributed by atoms with Crippen LogP contribution in [-0.4, -0.2) is 11.3 Å². The van der Waals surface area contributed by atoms with Gasteiger partial charge in [-0.2, -0.15) is 0 Å². The van der Waals surface area contributed by atoms with Gasteiger partial charge in [-0.25, -0.2) is 0 Å². The molecule has 14 heavy (non-hydrogen) atoms. The predicted octanol–water partition coefficient (Wildman–Crippen LogP) is 3.26. The standard InChI is InChI=1S/C10H10Cl2O2/c1-2-9(10(12)13)14-8-5-3-7(11)4-6-8/h3-6,9H,2H2,1H3/t9-/m0/s1. The molecule has 0 aliphatic rings. The Balaban J connectivity index is 2.67. The van der Waals surface area contributed by atoms with Gasteiger partial charge in [0.25, 0.3) is 5.24 Å². The van der Waals surface area contributed by atoms with E-state index >= 15 is 0 Å². The molecule has 4 heteroatoms. The van der Waals surface area contributed by atoms with Crippen molar-refractivity contribution in [2.75, 3.05) is 0 Å². The molecule has 0 radical (unpaired) electrons. The Kier molecular flexibility index (Phi) is 4.23. The lowest BCUT2D eigenvalue weighted by Crippen LogP contribution is -2.22. The Labute approximate surface area is 92.8 Å². The number of halogens is 2. The third-order valence-electron chi connectivity index (χ3n) is 1.72. The maximum absolute atomic E-state index is 10.9. The summed E-state index contributed by atoms with van der Waals surface area (Å²) in [6, 6.07) is 6.79. The molecular weight excluding hydrogens is 223 g/mol. The van der Waals surface area contributed by atoms with Crippen LogP contribution in [0.4, 0.5) is 0 Å². The second kappa shape index (κ2) is 5.23. The highest BCUT2D eigenvalue weighted by molar-refractivity contribution is 6.64. The average molecular weight is 233 g/mol. The number of rotatable bonds is 4. The third kappa shape index (κ3) is 3.20. The van der Waals surface area contributed by atoms with Crippen LogP contribution in [0, 0.1) is 0 Å². The normalized spacial score (nSPS) is 12.2. The maximum atomic E-state index is 10.9. The van der Waals surface area contributed by atoms with Crippen LogP contribution < -0.4 is 4.74 Å². The largest absolute Gasteiger partial charge is 0.481 e. The molecule has 0 amide bonds. The zero-order valence-electron chi connectivity index (χ0n) is 7.67. The summed E-state index contributed by atoms with van der Waals surface area (Å²) in [5, 5.41) is 0.144. The summed E-state index contributed by atoms with van der Waals surface area (Å²) in [5.41, 5.74) is 0. The Morgan fingerprint density at radius 2 is 2.00 bits per heavy atom. The predicted molar refractivity (Wildman–Crippen MR) is 57.0 cm³/mol. The summed E-state index contributed by atoms with van der Waals surface area (Å²) in [6.45, 7) is 1.83. The SMILES string of the molecule is CC[C@H](Oc1ccc(Cl)cc1)C(=O)Cl. The lowest BCUT2D eigenvalue weighted by molar-refractivity contribution is -0.117. The fourth-order valence-electron chi connectivity index (χ4n) is 0.968. The van der Waals surface area contributed by atoms with Crippen molar-refractivity contribution >= 4 is 28.4 Å². The molecule has 0 unspecified atom stereocenters. The summed E-state index contributed by atoms with van der Waals surface area (Å²) in [6.07, 6.45) is -0.0387. The van der Waals surface area contributed by atoms with E-state index in [0.29, 0.717) is 17.2 Å². The molecule has 0 heterocycles. The zero-order valence-corrected chi connectivity index (χ0v) is 9.18. The van der Waals surface area contributed by atoms with Gasteiger partial charge in [-0.05, 0) is 42.3 Å². The van der Waals surface area contributed by atoms with E-state index in [2.05, 4.69) is 0 Å². The molecule has 76 valence electrons. The molecule has 0 aromatic heterocycles. The van der Waals surface area contributed by atoms with E-state index in [9.17, 15) is 4.79 Å². The molecule has 0 aliphatic carbocycles. The van der Waals surface area contributed by atoms with Crippen LogP contribution in [0.2, 0.25) is 5.02 Å². The minimum atomic E-state index is -0.585. The van der Waals surface area contributed by atoms with Crippen LogP contribution in [0.1, 0.15) is 13.3 Å². The van der Waals surface area contributed by atoms with Gasteiger partial charge in [0, 0.05) is 5.02 Å². The van der Waals surface area contributed by atoms with Crippen molar-refractivity contribution in [1.82, 2.24) is 0 Å². The molecule has 0 saturated carbocycles. The minimum Gasteiger partial charge on any atom is -0.481 e. The first kappa shape index (κ1) is 11.3. The van der Waals surface area contributed by atoms with Crippen LogP contribution in [0.25, 0.3) is 0 Å². The molecule has 0 spiro atoms. The number of hydrogen-bond donors (Lipinski definition) is 0. The molecule has 0 N–H and O–H groups in total. The van der Waals surface area contributed by atoms with Crippen molar-refractivity contribution in [2.24, 2.45) is 0 Å². The van der Waals surface area contributed by atoms with Gasteiger partial charge in [0.2, 0.25) is 0 Å². The van der Waals surface area contributed by atoms with Crippen molar-refractivity contribution in [1.29, 1.82) is 0 Å². The Hall–Kier alpha value is -0.730. The van der Waals surface area contributed by atoms with Crippen molar-refractivity contribution in [3.63, 3.8) is 0 Å². The van der Waals surface area contributed by atoms with E-state index in [1.807, 2.05) is 6.92 Å². The van der Waals surface area contributed by atoms with Crippen molar-refractivity contribution in [3.8, 4) is 5.75 Å². The number of hydrogen-bond acceptors (Lipinski definition) is 2. The summed E-state index contributed by atoms with van der Waals surface area (Å²) in [4.78, 5) is 10.9. The minimum absolute atomic E-state index is 0.484. The molecule has 1 aromatic rings. The zero-order chi connectivity index (χ0) is 10.6. The van der Waals surface area contributed by atoms with E-state index in [4.69, 9.17) is 27.9 Å². The van der Waals surface area contributed by atoms with Gasteiger partial charge in [0.1, 0.15) is 5.75 Å². The fourth-order valence-corrected chi connectivity index (χ4v) is 1.29. The number of ether oxygens (including phenoxy) is 1. The van der Waals surface area contributed by atoms with Gasteiger partial charge in [0.15, 0.2) is 6.10 Å². The van der Waals surface area contributed by atoms with E-state index in [0.717, 1.165) is 0 Å². The molecule has 0 bridgehead atoms. The summed E-state index contributed by atoms with van der Waals surface area (Å²) < 4.78 is 5.34. The molecule has 1 rings (SSSR count). The van der Waals surface area contributed by atoms with Gasteiger partial charge >= 0.3 is 0 Å². The second-order valence-corrected chi connectivity index (χ2v) is 3.58. The molecular formula is C10H10Cl2O2. The first-order valence-electron chi connectivity index (χ1n) is 4.25. The maximum Gasteiger partial charge on any atom is 0.262 e. The Bertz CT molecular complexity index is 308. The van der Waals surface area contributed by atoms with Gasteiger partial charge < -0.3 is 4.74 Å². The summed E-state index contributed by atoms with van der Waals surface area (Å²) in [7, 11) is 0. The highest BCUT2D eigenvalue weighted by atomic mass is 35.5. The third-order valence-corrected chi connectivity index (χ3v) is 2.21.